The van der Waals surface area contributed by atoms with Gasteiger partial charge in [0.05, 0.1) is 5.88 Å². The van der Waals surface area contributed by atoms with Crippen LogP contribution in [0.3, 0.4) is 0 Å². The Morgan fingerprint density at radius 2 is 1.58 bits per heavy atom. The summed E-state index contributed by atoms with van der Waals surface area (Å²) in [5.41, 5.74) is 4.24. The molecule has 4 rings (SSSR count). The molecule has 2 aromatic rings. The number of carbonyl (C=O) groups is 5. The second-order valence-corrected chi connectivity index (χ2v) is 9.29. The van der Waals surface area contributed by atoms with Gasteiger partial charge in [-0.3, -0.25) is 14.4 Å². The second kappa shape index (κ2) is 11.3. The van der Waals surface area contributed by atoms with Crippen LogP contribution in [0.2, 0.25) is 0 Å². The summed E-state index contributed by atoms with van der Waals surface area (Å²) in [6.07, 6.45) is -0.945. The molecule has 10 nitrogen and oxygen atoms in total. The molecule has 11 heteroatoms. The molecule has 1 saturated heterocycles. The minimum atomic E-state index is -1.22. The number of benzene rings is 2. The number of thioether (sulfide) groups is 1. The van der Waals surface area contributed by atoms with Crippen molar-refractivity contribution in [3.63, 3.8) is 0 Å². The molecule has 1 aliphatic heterocycles. The summed E-state index contributed by atoms with van der Waals surface area (Å²) < 4.78 is 5.49. The van der Waals surface area contributed by atoms with Crippen molar-refractivity contribution >= 4 is 41.5 Å². The van der Waals surface area contributed by atoms with E-state index in [1.165, 1.54) is 6.92 Å². The number of nitrogens with one attached hydrogen (secondary N) is 2. The van der Waals surface area contributed by atoms with Crippen LogP contribution in [0.4, 0.5) is 4.79 Å². The average molecular weight is 512 g/mol. The van der Waals surface area contributed by atoms with Crippen molar-refractivity contribution < 1.29 is 33.5 Å². The Labute approximate surface area is 211 Å². The first-order valence-corrected chi connectivity index (χ1v) is 12.5. The molecule has 1 heterocycles. The highest BCUT2D eigenvalue weighted by Gasteiger charge is 2.36. The Kier molecular flexibility index (Phi) is 7.89. The summed E-state index contributed by atoms with van der Waals surface area (Å²) in [5.74, 6) is -2.45. The fourth-order valence-electron chi connectivity index (χ4n) is 4.09. The lowest BCUT2D eigenvalue weighted by Gasteiger charge is -2.20. The lowest BCUT2D eigenvalue weighted by Crippen LogP contribution is -2.47. The van der Waals surface area contributed by atoms with Gasteiger partial charge in [0.15, 0.2) is 0 Å². The zero-order valence-electron chi connectivity index (χ0n) is 19.5. The highest BCUT2D eigenvalue weighted by atomic mass is 32.2. The van der Waals surface area contributed by atoms with Gasteiger partial charge >= 0.3 is 12.1 Å². The lowest BCUT2D eigenvalue weighted by atomic mass is 9.98. The lowest BCUT2D eigenvalue weighted by molar-refractivity contribution is -0.198. The Morgan fingerprint density at radius 3 is 2.17 bits per heavy atom. The first kappa shape index (κ1) is 25.2. The largest absolute Gasteiger partial charge is 0.449 e. The van der Waals surface area contributed by atoms with Gasteiger partial charge in [-0.2, -0.15) is 0 Å². The molecule has 1 fully saturated rings. The van der Waals surface area contributed by atoms with Gasteiger partial charge in [-0.25, -0.2) is 9.59 Å². The summed E-state index contributed by atoms with van der Waals surface area (Å²) in [5, 5.41) is 5.46. The van der Waals surface area contributed by atoms with Crippen molar-refractivity contribution in [3.05, 3.63) is 59.7 Å². The number of hydroxylamine groups is 2. The van der Waals surface area contributed by atoms with E-state index in [9.17, 15) is 24.0 Å². The van der Waals surface area contributed by atoms with E-state index >= 15 is 0 Å². The van der Waals surface area contributed by atoms with Crippen LogP contribution in [0.1, 0.15) is 36.8 Å². The normalized spacial score (nSPS) is 15.2. The van der Waals surface area contributed by atoms with Crippen LogP contribution >= 0.6 is 11.8 Å². The fraction of sp³-hybridized carbons (Fsp3) is 0.320. The number of nitrogens with zero attached hydrogens (tertiary/aromatic N) is 1. The molecule has 0 unspecified atom stereocenters. The van der Waals surface area contributed by atoms with E-state index in [2.05, 4.69) is 10.6 Å². The molecule has 2 N–H and O–H groups in total. The van der Waals surface area contributed by atoms with Crippen molar-refractivity contribution in [2.24, 2.45) is 0 Å². The number of fused-ring (bicyclic) bond motifs is 3. The quantitative estimate of drug-likeness (QED) is 0.298. The van der Waals surface area contributed by atoms with Crippen molar-refractivity contribution in [2.45, 2.75) is 31.7 Å². The van der Waals surface area contributed by atoms with E-state index < -0.39 is 29.9 Å². The Hall–Kier alpha value is -3.86. The number of carbonyl (C=O) groups excluding carboxylic acids is 5. The Balaban J connectivity index is 1.40. The van der Waals surface area contributed by atoms with Crippen LogP contribution in [0.25, 0.3) is 11.1 Å². The van der Waals surface area contributed by atoms with Crippen molar-refractivity contribution in [1.29, 1.82) is 0 Å². The summed E-state index contributed by atoms with van der Waals surface area (Å²) in [7, 11) is 0. The molecule has 0 bridgehead atoms. The van der Waals surface area contributed by atoms with Gasteiger partial charge in [0.2, 0.25) is 5.91 Å². The first-order valence-electron chi connectivity index (χ1n) is 11.4. The number of alkyl carbamates (subject to hydrolysis) is 1. The van der Waals surface area contributed by atoms with Crippen LogP contribution in [0, 0.1) is 0 Å². The van der Waals surface area contributed by atoms with E-state index in [-0.39, 0.29) is 42.9 Å². The topological polar surface area (TPSA) is 131 Å². The summed E-state index contributed by atoms with van der Waals surface area (Å²) in [6.45, 7) is 1.40. The average Bonchev–Trinajstić information content (AvgIpc) is 3.36. The maximum absolute atomic E-state index is 12.7. The van der Waals surface area contributed by atoms with E-state index in [1.54, 1.807) is 0 Å². The van der Waals surface area contributed by atoms with Gasteiger partial charge in [0.25, 0.3) is 11.8 Å². The number of rotatable bonds is 9. The molecule has 0 saturated carbocycles. The molecule has 2 aromatic carbocycles. The molecule has 0 aromatic heterocycles. The summed E-state index contributed by atoms with van der Waals surface area (Å²) in [4.78, 5) is 65.1. The standard InChI is InChI=1S/C25H25N3O7S/c1-15(29)26-14-36-13-21(24(32)35-28-22(30)10-11-23(28)31)27-25(33)34-12-20-18-8-4-2-6-16(18)17-7-3-5-9-19(17)20/h2-9,20-21H,10-14H2,1H3,(H,26,29)(H,27,33)/t21-/m0/s1. The Morgan fingerprint density at radius 1 is 1.00 bits per heavy atom. The number of amides is 4. The third-order valence-electron chi connectivity index (χ3n) is 5.81. The maximum Gasteiger partial charge on any atom is 0.407 e. The van der Waals surface area contributed by atoms with Crippen LogP contribution in [0.5, 0.6) is 0 Å². The van der Waals surface area contributed by atoms with Crippen molar-refractivity contribution in [2.75, 3.05) is 18.2 Å². The van der Waals surface area contributed by atoms with E-state index in [0.717, 1.165) is 34.0 Å². The molecule has 1 aliphatic carbocycles. The zero-order valence-corrected chi connectivity index (χ0v) is 20.3. The van der Waals surface area contributed by atoms with Gasteiger partial charge in [0, 0.05) is 31.4 Å². The van der Waals surface area contributed by atoms with Gasteiger partial charge in [-0.05, 0) is 22.3 Å². The molecule has 4 amide bonds. The molecule has 1 atom stereocenters. The number of ether oxygens (including phenoxy) is 1. The van der Waals surface area contributed by atoms with Crippen molar-refractivity contribution in [1.82, 2.24) is 15.7 Å². The predicted molar refractivity (Wildman–Crippen MR) is 130 cm³/mol. The highest BCUT2D eigenvalue weighted by Crippen LogP contribution is 2.44. The first-order chi connectivity index (χ1) is 17.3. The highest BCUT2D eigenvalue weighted by molar-refractivity contribution is 7.99. The van der Waals surface area contributed by atoms with Crippen LogP contribution in [0.15, 0.2) is 48.5 Å². The third kappa shape index (κ3) is 5.68. The third-order valence-corrected chi connectivity index (χ3v) is 6.73. The van der Waals surface area contributed by atoms with Crippen molar-refractivity contribution in [3.8, 4) is 11.1 Å². The van der Waals surface area contributed by atoms with Gasteiger partial charge in [-0.1, -0.05) is 48.5 Å². The van der Waals surface area contributed by atoms with E-state index in [0.29, 0.717) is 5.06 Å². The Bertz CT molecular complexity index is 1140. The fourth-order valence-corrected chi connectivity index (χ4v) is 4.97. The monoisotopic (exact) mass is 511 g/mol. The summed E-state index contributed by atoms with van der Waals surface area (Å²) in [6, 6.07) is 14.6. The number of hydrogen-bond donors (Lipinski definition) is 2. The minimum absolute atomic E-state index is 0.0134. The minimum Gasteiger partial charge on any atom is -0.449 e. The SMILES string of the molecule is CC(=O)NCSC[C@H](NC(=O)OCC1c2ccccc2-c2ccccc21)C(=O)ON1C(=O)CCC1=O. The molecule has 188 valence electrons. The van der Waals surface area contributed by atoms with Gasteiger partial charge < -0.3 is 20.2 Å². The predicted octanol–water partition coefficient (Wildman–Crippen LogP) is 2.33. The van der Waals surface area contributed by atoms with Crippen LogP contribution < -0.4 is 10.6 Å². The molecule has 0 spiro atoms. The zero-order chi connectivity index (χ0) is 25.7. The molecular formula is C25H25N3O7S. The summed E-state index contributed by atoms with van der Waals surface area (Å²) >= 11 is 1.15. The van der Waals surface area contributed by atoms with E-state index in [1.807, 2.05) is 48.5 Å². The molecule has 0 radical (unpaired) electrons. The van der Waals surface area contributed by atoms with Gasteiger partial charge in [-0.15, -0.1) is 16.8 Å². The second-order valence-electron chi connectivity index (χ2n) is 8.26. The number of hydrogen-bond acceptors (Lipinski definition) is 8. The van der Waals surface area contributed by atoms with Crippen LogP contribution in [-0.2, 0) is 28.8 Å². The van der Waals surface area contributed by atoms with Crippen LogP contribution in [-0.4, -0.2) is 59.1 Å². The molecular weight excluding hydrogens is 486 g/mol. The molecule has 36 heavy (non-hydrogen) atoms. The maximum atomic E-state index is 12.7. The molecule has 2 aliphatic rings. The number of imide groups is 1. The smallest absolute Gasteiger partial charge is 0.407 e. The van der Waals surface area contributed by atoms with Gasteiger partial charge in [0.1, 0.15) is 12.6 Å². The van der Waals surface area contributed by atoms with E-state index in [4.69, 9.17) is 9.57 Å².